The second-order valence-corrected chi connectivity index (χ2v) is 1.99. The van der Waals surface area contributed by atoms with E-state index in [-0.39, 0.29) is 5.29 Å². The van der Waals surface area contributed by atoms with Crippen molar-refractivity contribution >= 4 is 16.9 Å². The Morgan fingerprint density at radius 3 is 2.78 bits per heavy atom. The molecule has 3 nitrogen and oxygen atoms in total. The second kappa shape index (κ2) is 2.19. The van der Waals surface area contributed by atoms with Crippen LogP contribution in [0.2, 0.25) is 0 Å². The van der Waals surface area contributed by atoms with Gasteiger partial charge >= 0.3 is 0 Å². The molecule has 0 bridgehead atoms. The molecule has 48 valence electrons. The number of nitrogens with zero attached hydrogens (tertiary/aromatic N) is 2. The molecule has 1 heterocycles. The molecule has 0 amide bonds. The van der Waals surface area contributed by atoms with Gasteiger partial charge in [-0.3, -0.25) is 9.98 Å². The average molecular weight is 144 g/mol. The Morgan fingerprint density at radius 2 is 2.56 bits per heavy atom. The molecule has 0 aliphatic heterocycles. The van der Waals surface area contributed by atoms with Gasteiger partial charge in [-0.05, 0) is 18.5 Å². The van der Waals surface area contributed by atoms with Crippen molar-refractivity contribution < 1.29 is 0 Å². The summed E-state index contributed by atoms with van der Waals surface area (Å²) in [5.41, 5.74) is 0. The lowest BCUT2D eigenvalue weighted by atomic mass is 10.7. The Hall–Kier alpha value is -0.830. The Kier molecular flexibility index (Phi) is 1.53. The maximum atomic E-state index is 6.98. The third kappa shape index (κ3) is 1.10. The van der Waals surface area contributed by atoms with E-state index in [1.165, 1.54) is 4.57 Å². The van der Waals surface area contributed by atoms with Crippen molar-refractivity contribution in [2.24, 2.45) is 0 Å². The summed E-state index contributed by atoms with van der Waals surface area (Å²) in [5, 5.41) is 6.96. The average Bonchev–Trinajstić information content (AvgIpc) is 2.13. The van der Waals surface area contributed by atoms with Crippen LogP contribution in [0.25, 0.3) is 0 Å². The normalized spacial score (nSPS) is 9.56. The lowest BCUT2D eigenvalue weighted by molar-refractivity contribution is 1.03. The summed E-state index contributed by atoms with van der Waals surface area (Å²) < 4.78 is 1.49. The zero-order chi connectivity index (χ0) is 6.85. The molecule has 1 rings (SSSR count). The second-order valence-electron chi connectivity index (χ2n) is 1.64. The highest BCUT2D eigenvalue weighted by atomic mass is 35.5. The van der Waals surface area contributed by atoms with Crippen molar-refractivity contribution in [1.82, 2.24) is 9.55 Å². The number of aromatic nitrogens is 2. The lowest BCUT2D eigenvalue weighted by Gasteiger charge is -1.95. The van der Waals surface area contributed by atoms with E-state index >= 15 is 0 Å². The first-order valence-corrected chi connectivity index (χ1v) is 2.84. The van der Waals surface area contributed by atoms with Gasteiger partial charge in [-0.15, -0.1) is 0 Å². The minimum Gasteiger partial charge on any atom is -0.279 e. The van der Waals surface area contributed by atoms with Gasteiger partial charge in [0.1, 0.15) is 5.82 Å². The van der Waals surface area contributed by atoms with Gasteiger partial charge in [-0.1, -0.05) is 0 Å². The molecule has 4 heteroatoms. The van der Waals surface area contributed by atoms with E-state index < -0.39 is 0 Å². The van der Waals surface area contributed by atoms with Crippen molar-refractivity contribution in [3.05, 3.63) is 18.2 Å². The summed E-state index contributed by atoms with van der Waals surface area (Å²) >= 11 is 5.36. The molecule has 0 radical (unpaired) electrons. The number of imidazole rings is 1. The van der Waals surface area contributed by atoms with Crippen LogP contribution < -0.4 is 0 Å². The highest BCUT2D eigenvalue weighted by Gasteiger charge is 1.97. The molecule has 0 unspecified atom stereocenters. The Bertz CT molecular complexity index is 228. The summed E-state index contributed by atoms with van der Waals surface area (Å²) in [7, 11) is 0. The van der Waals surface area contributed by atoms with E-state index in [1.807, 2.05) is 0 Å². The van der Waals surface area contributed by atoms with E-state index in [0.717, 1.165) is 5.82 Å². The highest BCUT2D eigenvalue weighted by Crippen LogP contribution is 1.95. The first-order chi connectivity index (χ1) is 4.22. The van der Waals surface area contributed by atoms with Gasteiger partial charge in [0.05, 0.1) is 0 Å². The summed E-state index contributed by atoms with van der Waals surface area (Å²) in [5.74, 6) is 0.731. The zero-order valence-electron chi connectivity index (χ0n) is 4.93. The van der Waals surface area contributed by atoms with Crippen molar-refractivity contribution in [2.75, 3.05) is 0 Å². The van der Waals surface area contributed by atoms with E-state index in [4.69, 9.17) is 17.0 Å². The number of halogens is 1. The lowest BCUT2D eigenvalue weighted by Crippen LogP contribution is -2.02. The van der Waals surface area contributed by atoms with Crippen LogP contribution in [0.15, 0.2) is 12.4 Å². The Morgan fingerprint density at radius 1 is 1.89 bits per heavy atom. The molecule has 0 fully saturated rings. The maximum absolute atomic E-state index is 6.98. The summed E-state index contributed by atoms with van der Waals surface area (Å²) in [4.78, 5) is 3.88. The van der Waals surface area contributed by atoms with Gasteiger partial charge in [0, 0.05) is 12.4 Å². The monoisotopic (exact) mass is 143 g/mol. The molecule has 0 aliphatic rings. The quantitative estimate of drug-likeness (QED) is 0.431. The molecule has 9 heavy (non-hydrogen) atoms. The molecular formula is C5H6ClN3. The zero-order valence-corrected chi connectivity index (χ0v) is 5.68. The minimum atomic E-state index is -0.0231. The van der Waals surface area contributed by atoms with Crippen LogP contribution in [0.1, 0.15) is 5.82 Å². The number of hydrogen-bond donors (Lipinski definition) is 1. The summed E-state index contributed by atoms with van der Waals surface area (Å²) in [6.07, 6.45) is 3.25. The molecule has 0 saturated carbocycles. The molecule has 1 aromatic heterocycles. The first kappa shape index (κ1) is 6.29. The topological polar surface area (TPSA) is 41.7 Å². The van der Waals surface area contributed by atoms with Gasteiger partial charge in [0.25, 0.3) is 0 Å². The van der Waals surface area contributed by atoms with Crippen molar-refractivity contribution in [2.45, 2.75) is 6.92 Å². The third-order valence-electron chi connectivity index (χ3n) is 1.04. The molecule has 0 aromatic carbocycles. The van der Waals surface area contributed by atoms with Crippen molar-refractivity contribution in [3.63, 3.8) is 0 Å². The van der Waals surface area contributed by atoms with Crippen LogP contribution in [0, 0.1) is 12.3 Å². The number of hydrogen-bond acceptors (Lipinski definition) is 2. The predicted molar refractivity (Wildman–Crippen MR) is 35.9 cm³/mol. The van der Waals surface area contributed by atoms with Crippen LogP contribution in [0.5, 0.6) is 0 Å². The minimum absolute atomic E-state index is 0.0231. The van der Waals surface area contributed by atoms with Crippen LogP contribution in [0.4, 0.5) is 0 Å². The summed E-state index contributed by atoms with van der Waals surface area (Å²) in [6.45, 7) is 1.79. The molecule has 0 atom stereocenters. The van der Waals surface area contributed by atoms with E-state index in [1.54, 1.807) is 19.3 Å². The summed E-state index contributed by atoms with van der Waals surface area (Å²) in [6, 6.07) is 0. The smallest absolute Gasteiger partial charge is 0.200 e. The number of nitrogens with one attached hydrogen (secondary N) is 1. The van der Waals surface area contributed by atoms with Crippen LogP contribution >= 0.6 is 11.6 Å². The van der Waals surface area contributed by atoms with Gasteiger partial charge in [0.15, 0.2) is 0 Å². The largest absolute Gasteiger partial charge is 0.279 e. The fraction of sp³-hybridized carbons (Fsp3) is 0.200. The van der Waals surface area contributed by atoms with Crippen molar-refractivity contribution in [1.29, 1.82) is 5.41 Å². The van der Waals surface area contributed by atoms with E-state index in [2.05, 4.69) is 4.98 Å². The molecule has 0 spiro atoms. The van der Waals surface area contributed by atoms with Crippen LogP contribution in [-0.4, -0.2) is 14.8 Å². The van der Waals surface area contributed by atoms with Crippen LogP contribution in [0.3, 0.4) is 0 Å². The maximum Gasteiger partial charge on any atom is 0.200 e. The fourth-order valence-electron chi connectivity index (χ4n) is 0.585. The van der Waals surface area contributed by atoms with Gasteiger partial charge < -0.3 is 0 Å². The molecule has 0 saturated heterocycles. The molecular weight excluding hydrogens is 138 g/mol. The van der Waals surface area contributed by atoms with Crippen LogP contribution in [-0.2, 0) is 0 Å². The molecule has 0 aliphatic carbocycles. The fourth-order valence-corrected chi connectivity index (χ4v) is 0.764. The first-order valence-electron chi connectivity index (χ1n) is 2.46. The van der Waals surface area contributed by atoms with E-state index in [9.17, 15) is 0 Å². The number of rotatable bonds is 0. The highest BCUT2D eigenvalue weighted by molar-refractivity contribution is 6.64. The Balaban J connectivity index is 3.08. The van der Waals surface area contributed by atoms with Gasteiger partial charge in [-0.25, -0.2) is 4.98 Å². The van der Waals surface area contributed by atoms with Gasteiger partial charge in [0.2, 0.25) is 5.29 Å². The molecule has 1 aromatic rings. The standard InChI is InChI=1S/C5H6ClN3/c1-4-8-2-3-9(4)5(6)7/h2-3,7H,1H3. The van der Waals surface area contributed by atoms with E-state index in [0.29, 0.717) is 0 Å². The SMILES string of the molecule is Cc1nccn1C(=N)Cl. The predicted octanol–water partition coefficient (Wildman–Crippen LogP) is 1.21. The third-order valence-corrected chi connectivity index (χ3v) is 1.22. The van der Waals surface area contributed by atoms with Gasteiger partial charge in [-0.2, -0.15) is 0 Å². The Labute approximate surface area is 57.8 Å². The number of aryl methyl sites for hydroxylation is 1. The van der Waals surface area contributed by atoms with Crippen molar-refractivity contribution in [3.8, 4) is 0 Å². The molecule has 1 N–H and O–H groups in total.